The van der Waals surface area contributed by atoms with Crippen molar-refractivity contribution in [3.63, 3.8) is 0 Å². The highest BCUT2D eigenvalue weighted by Gasteiger charge is 2.24. The van der Waals surface area contributed by atoms with Gasteiger partial charge in [-0.15, -0.1) is 0 Å². The topological polar surface area (TPSA) is 40.9 Å². The zero-order valence-electron chi connectivity index (χ0n) is 11.0. The fourth-order valence-electron chi connectivity index (χ4n) is 1.95. The Morgan fingerprint density at radius 1 is 1.19 bits per heavy atom. The van der Waals surface area contributed by atoms with Crippen molar-refractivity contribution in [2.24, 2.45) is 0 Å². The number of carbonyl (C=O) groups excluding carboxylic acids is 1. The average Bonchev–Trinajstić information content (AvgIpc) is 2.43. The van der Waals surface area contributed by atoms with Gasteiger partial charge in [-0.25, -0.2) is 4.39 Å². The lowest BCUT2D eigenvalue weighted by Gasteiger charge is -2.10. The fraction of sp³-hybridized carbons (Fsp3) is 0.125. The van der Waals surface area contributed by atoms with Crippen molar-refractivity contribution < 1.29 is 9.18 Å². The van der Waals surface area contributed by atoms with Crippen molar-refractivity contribution in [2.45, 2.75) is 12.8 Å². The summed E-state index contributed by atoms with van der Waals surface area (Å²) >= 11 is 11.7. The van der Waals surface area contributed by atoms with Crippen LogP contribution in [-0.4, -0.2) is 5.78 Å². The molecule has 106 valence electrons. The number of ketones is 1. The third-order valence-corrected chi connectivity index (χ3v) is 3.80. The molecule has 0 saturated heterocycles. The summed E-state index contributed by atoms with van der Waals surface area (Å²) in [7, 11) is 0. The molecule has 0 aromatic heterocycles. The van der Waals surface area contributed by atoms with Gasteiger partial charge in [-0.3, -0.25) is 4.79 Å². The minimum Gasteiger partial charge on any atom is -0.292 e. The highest BCUT2D eigenvalue weighted by atomic mass is 35.5. The third kappa shape index (κ3) is 3.24. The van der Waals surface area contributed by atoms with Crippen LogP contribution in [0.5, 0.6) is 0 Å². The second-order valence-corrected chi connectivity index (χ2v) is 5.40. The average molecular weight is 322 g/mol. The first-order valence-electron chi connectivity index (χ1n) is 6.09. The second-order valence-electron chi connectivity index (χ2n) is 4.58. The second kappa shape index (κ2) is 6.26. The molecule has 0 saturated carbocycles. The molecule has 0 fully saturated rings. The molecule has 0 aliphatic heterocycles. The molecule has 2 rings (SSSR count). The lowest BCUT2D eigenvalue weighted by molar-refractivity contribution is 0.0975. The molecule has 2 aromatic carbocycles. The Hall–Kier alpha value is -1.89. The van der Waals surface area contributed by atoms with Gasteiger partial charge < -0.3 is 0 Å². The van der Waals surface area contributed by atoms with E-state index < -0.39 is 17.5 Å². The van der Waals surface area contributed by atoms with Crippen molar-refractivity contribution in [3.8, 4) is 6.07 Å². The zero-order chi connectivity index (χ0) is 15.6. The molecule has 0 aliphatic rings. The number of hydrogen-bond donors (Lipinski definition) is 0. The van der Waals surface area contributed by atoms with Crippen LogP contribution in [0.2, 0.25) is 10.0 Å². The predicted molar refractivity (Wildman–Crippen MR) is 80.3 cm³/mol. The number of halogens is 3. The van der Waals surface area contributed by atoms with Gasteiger partial charge in [0, 0.05) is 0 Å². The molecular formula is C16H10Cl2FNO. The molecule has 0 heterocycles. The van der Waals surface area contributed by atoms with Gasteiger partial charge in [0.05, 0.1) is 21.7 Å². The normalized spacial score (nSPS) is 11.8. The predicted octanol–water partition coefficient (Wildman–Crippen LogP) is 4.93. The summed E-state index contributed by atoms with van der Waals surface area (Å²) in [6.07, 6.45) is 0. The van der Waals surface area contributed by atoms with Crippen LogP contribution in [0.15, 0.2) is 36.4 Å². The number of nitriles is 1. The highest BCUT2D eigenvalue weighted by Crippen LogP contribution is 2.28. The summed E-state index contributed by atoms with van der Waals surface area (Å²) in [5.74, 6) is -2.37. The zero-order valence-corrected chi connectivity index (χ0v) is 12.5. The van der Waals surface area contributed by atoms with Crippen molar-refractivity contribution in [2.75, 3.05) is 0 Å². The van der Waals surface area contributed by atoms with E-state index in [4.69, 9.17) is 23.2 Å². The number of carbonyl (C=O) groups is 1. The summed E-state index contributed by atoms with van der Waals surface area (Å²) in [6, 6.07) is 10.6. The van der Waals surface area contributed by atoms with Crippen molar-refractivity contribution in [1.82, 2.24) is 0 Å². The van der Waals surface area contributed by atoms with E-state index in [1.807, 2.05) is 6.07 Å². The van der Waals surface area contributed by atoms with E-state index in [-0.39, 0.29) is 10.6 Å². The molecule has 0 N–H and O–H groups in total. The van der Waals surface area contributed by atoms with Gasteiger partial charge in [0.1, 0.15) is 11.7 Å². The van der Waals surface area contributed by atoms with Crippen LogP contribution >= 0.6 is 23.2 Å². The van der Waals surface area contributed by atoms with Gasteiger partial charge in [0.25, 0.3) is 0 Å². The van der Waals surface area contributed by atoms with Gasteiger partial charge in [-0.05, 0) is 42.3 Å². The highest BCUT2D eigenvalue weighted by molar-refractivity contribution is 6.42. The van der Waals surface area contributed by atoms with E-state index in [0.717, 1.165) is 0 Å². The number of aryl methyl sites for hydroxylation is 1. The lowest BCUT2D eigenvalue weighted by Crippen LogP contribution is -2.13. The number of rotatable bonds is 3. The molecule has 2 nitrogen and oxygen atoms in total. The maximum atomic E-state index is 13.9. The van der Waals surface area contributed by atoms with Crippen LogP contribution in [0.1, 0.15) is 27.4 Å². The lowest BCUT2D eigenvalue weighted by atomic mass is 9.91. The van der Waals surface area contributed by atoms with E-state index in [2.05, 4.69) is 0 Å². The van der Waals surface area contributed by atoms with Crippen molar-refractivity contribution >= 4 is 29.0 Å². The number of nitrogens with zero attached hydrogens (tertiary/aromatic N) is 1. The fourth-order valence-corrected chi connectivity index (χ4v) is 2.26. The molecular weight excluding hydrogens is 312 g/mol. The summed E-state index contributed by atoms with van der Waals surface area (Å²) in [4.78, 5) is 12.4. The number of benzene rings is 2. The number of hydrogen-bond acceptors (Lipinski definition) is 2. The quantitative estimate of drug-likeness (QED) is 0.752. The van der Waals surface area contributed by atoms with Crippen LogP contribution in [0, 0.1) is 24.1 Å². The Balaban J connectivity index is 2.43. The van der Waals surface area contributed by atoms with Crippen molar-refractivity contribution in [3.05, 3.63) is 69.0 Å². The third-order valence-electron chi connectivity index (χ3n) is 3.06. The molecule has 0 aliphatic carbocycles. The molecule has 0 amide bonds. The minimum absolute atomic E-state index is 0.113. The standard InChI is InChI=1S/C16H10Cl2FNO/c1-9-2-4-11(15(19)6-9)16(21)12(8-20)10-3-5-13(17)14(18)7-10/h2-7,12H,1H3. The largest absolute Gasteiger partial charge is 0.292 e. The van der Waals surface area contributed by atoms with E-state index in [9.17, 15) is 14.4 Å². The van der Waals surface area contributed by atoms with Crippen LogP contribution in [-0.2, 0) is 0 Å². The van der Waals surface area contributed by atoms with Gasteiger partial charge in [-0.1, -0.05) is 35.3 Å². The van der Waals surface area contributed by atoms with E-state index in [1.54, 1.807) is 13.0 Å². The molecule has 1 unspecified atom stereocenters. The molecule has 0 spiro atoms. The summed E-state index contributed by atoms with van der Waals surface area (Å²) in [6.45, 7) is 1.72. The van der Waals surface area contributed by atoms with Crippen LogP contribution in [0.25, 0.3) is 0 Å². The van der Waals surface area contributed by atoms with E-state index in [0.29, 0.717) is 16.1 Å². The molecule has 0 bridgehead atoms. The first-order chi connectivity index (χ1) is 9.93. The molecule has 2 aromatic rings. The smallest absolute Gasteiger partial charge is 0.187 e. The van der Waals surface area contributed by atoms with E-state index in [1.165, 1.54) is 30.3 Å². The Bertz CT molecular complexity index is 752. The van der Waals surface area contributed by atoms with Crippen LogP contribution in [0.3, 0.4) is 0 Å². The Morgan fingerprint density at radius 2 is 1.90 bits per heavy atom. The maximum absolute atomic E-state index is 13.9. The van der Waals surface area contributed by atoms with Crippen molar-refractivity contribution in [1.29, 1.82) is 5.26 Å². The summed E-state index contributed by atoms with van der Waals surface area (Å²) < 4.78 is 13.9. The number of Topliss-reactive ketones (excluding diaryl/α,β-unsaturated/α-hetero) is 1. The van der Waals surface area contributed by atoms with Crippen LogP contribution < -0.4 is 0 Å². The van der Waals surface area contributed by atoms with Gasteiger partial charge in [0.2, 0.25) is 0 Å². The monoisotopic (exact) mass is 321 g/mol. The van der Waals surface area contributed by atoms with Crippen LogP contribution in [0.4, 0.5) is 4.39 Å². The molecule has 5 heteroatoms. The Kier molecular flexibility index (Phi) is 4.62. The molecule has 0 radical (unpaired) electrons. The Morgan fingerprint density at radius 3 is 2.48 bits per heavy atom. The summed E-state index contributed by atoms with van der Waals surface area (Å²) in [5, 5.41) is 9.81. The minimum atomic E-state index is -1.13. The molecule has 21 heavy (non-hydrogen) atoms. The van der Waals surface area contributed by atoms with Gasteiger partial charge in [0.15, 0.2) is 5.78 Å². The maximum Gasteiger partial charge on any atom is 0.187 e. The van der Waals surface area contributed by atoms with Gasteiger partial charge in [-0.2, -0.15) is 5.26 Å². The first-order valence-corrected chi connectivity index (χ1v) is 6.84. The molecule has 1 atom stereocenters. The van der Waals surface area contributed by atoms with Gasteiger partial charge >= 0.3 is 0 Å². The SMILES string of the molecule is Cc1ccc(C(=O)C(C#N)c2ccc(Cl)c(Cl)c2)c(F)c1. The van der Waals surface area contributed by atoms with E-state index >= 15 is 0 Å². The first kappa shape index (κ1) is 15.5. The Labute approximate surface area is 131 Å². The summed E-state index contributed by atoms with van der Waals surface area (Å²) in [5.41, 5.74) is 0.974.